The third-order valence-corrected chi connectivity index (χ3v) is 3.84. The first-order valence-electron chi connectivity index (χ1n) is 5.02. The zero-order chi connectivity index (χ0) is 11.3. The molecule has 84 valence electrons. The van der Waals surface area contributed by atoms with E-state index in [1.165, 1.54) is 5.69 Å². The minimum atomic E-state index is 0.582. The van der Waals surface area contributed by atoms with Gasteiger partial charge in [0.05, 0.1) is 10.2 Å². The van der Waals surface area contributed by atoms with Gasteiger partial charge in [0.2, 0.25) is 0 Å². The summed E-state index contributed by atoms with van der Waals surface area (Å²) in [5, 5.41) is 0. The summed E-state index contributed by atoms with van der Waals surface area (Å²) < 4.78 is 1.06. The smallest absolute Gasteiger partial charge is 0.0592 e. The first-order valence-corrected chi connectivity index (χ1v) is 7.20. The number of pyridine rings is 1. The van der Waals surface area contributed by atoms with Crippen LogP contribution in [0.15, 0.2) is 22.9 Å². The number of aromatic nitrogens is 1. The molecule has 0 fully saturated rings. The molecule has 0 amide bonds. The molecule has 0 aliphatic rings. The summed E-state index contributed by atoms with van der Waals surface area (Å²) in [6, 6.07) is 2.63. The number of anilines is 1. The number of rotatable bonds is 5. The number of thioether (sulfide) groups is 1. The van der Waals surface area contributed by atoms with Crippen LogP contribution < -0.4 is 4.90 Å². The summed E-state index contributed by atoms with van der Waals surface area (Å²) in [6.45, 7) is 2.23. The van der Waals surface area contributed by atoms with Crippen LogP contribution in [0.4, 0.5) is 5.69 Å². The molecule has 0 N–H and O–H groups in total. The van der Waals surface area contributed by atoms with Crippen molar-refractivity contribution in [1.29, 1.82) is 0 Å². The second-order valence-electron chi connectivity index (χ2n) is 3.46. The van der Waals surface area contributed by atoms with E-state index in [9.17, 15) is 0 Å². The summed E-state index contributed by atoms with van der Waals surface area (Å²) in [5.41, 5.74) is 1.21. The van der Waals surface area contributed by atoms with Gasteiger partial charge in [0, 0.05) is 31.2 Å². The second kappa shape index (κ2) is 6.38. The highest BCUT2D eigenvalue weighted by atomic mass is 79.9. The van der Waals surface area contributed by atoms with Crippen molar-refractivity contribution in [1.82, 2.24) is 4.98 Å². The normalized spacial score (nSPS) is 12.5. The Bertz CT molecular complexity index is 306. The highest BCUT2D eigenvalue weighted by Crippen LogP contribution is 2.26. The predicted octanol–water partition coefficient (Wildman–Crippen LogP) is 3.42. The summed E-state index contributed by atoms with van der Waals surface area (Å²) >= 11 is 5.43. The fourth-order valence-corrected chi connectivity index (χ4v) is 2.92. The lowest BCUT2D eigenvalue weighted by Gasteiger charge is -2.29. The highest BCUT2D eigenvalue weighted by Gasteiger charge is 2.14. The van der Waals surface area contributed by atoms with Gasteiger partial charge in [-0.1, -0.05) is 6.92 Å². The Morgan fingerprint density at radius 3 is 2.87 bits per heavy atom. The van der Waals surface area contributed by atoms with Gasteiger partial charge in [-0.3, -0.25) is 4.98 Å². The third-order valence-electron chi connectivity index (χ3n) is 2.51. The van der Waals surface area contributed by atoms with Gasteiger partial charge >= 0.3 is 0 Å². The first kappa shape index (κ1) is 12.8. The fourth-order valence-electron chi connectivity index (χ4n) is 1.55. The lowest BCUT2D eigenvalue weighted by Crippen LogP contribution is -2.33. The van der Waals surface area contributed by atoms with Crippen LogP contribution in [0.2, 0.25) is 0 Å². The molecule has 0 saturated heterocycles. The SMILES string of the molecule is CCC(CSC)N(C)c1ccncc1Br. The van der Waals surface area contributed by atoms with Gasteiger partial charge in [-0.25, -0.2) is 0 Å². The van der Waals surface area contributed by atoms with E-state index in [-0.39, 0.29) is 0 Å². The molecular weight excluding hydrogens is 272 g/mol. The van der Waals surface area contributed by atoms with Crippen molar-refractivity contribution in [3.8, 4) is 0 Å². The molecule has 1 aromatic heterocycles. The summed E-state index contributed by atoms with van der Waals surface area (Å²) in [6.07, 6.45) is 6.99. The zero-order valence-corrected chi connectivity index (χ0v) is 11.8. The van der Waals surface area contributed by atoms with E-state index in [0.717, 1.165) is 16.6 Å². The lowest BCUT2D eigenvalue weighted by molar-refractivity contribution is 0.672. The largest absolute Gasteiger partial charge is 0.370 e. The molecule has 1 heterocycles. The van der Waals surface area contributed by atoms with Crippen molar-refractivity contribution >= 4 is 33.4 Å². The van der Waals surface area contributed by atoms with Crippen molar-refractivity contribution in [2.24, 2.45) is 0 Å². The molecule has 1 rings (SSSR count). The molecule has 0 aliphatic carbocycles. The molecule has 0 spiro atoms. The lowest BCUT2D eigenvalue weighted by atomic mass is 10.2. The minimum Gasteiger partial charge on any atom is -0.370 e. The van der Waals surface area contributed by atoms with Gasteiger partial charge in [-0.2, -0.15) is 11.8 Å². The molecule has 1 aromatic rings. The monoisotopic (exact) mass is 288 g/mol. The van der Waals surface area contributed by atoms with Crippen LogP contribution in [-0.4, -0.2) is 30.1 Å². The van der Waals surface area contributed by atoms with E-state index in [1.54, 1.807) is 0 Å². The third kappa shape index (κ3) is 3.38. The van der Waals surface area contributed by atoms with Crippen LogP contribution in [-0.2, 0) is 0 Å². The van der Waals surface area contributed by atoms with E-state index < -0.39 is 0 Å². The second-order valence-corrected chi connectivity index (χ2v) is 5.22. The Balaban J connectivity index is 2.82. The number of nitrogens with zero attached hydrogens (tertiary/aromatic N) is 2. The van der Waals surface area contributed by atoms with E-state index in [4.69, 9.17) is 0 Å². The molecule has 0 aromatic carbocycles. The summed E-state index contributed by atoms with van der Waals surface area (Å²) in [5.74, 6) is 1.15. The minimum absolute atomic E-state index is 0.582. The fraction of sp³-hybridized carbons (Fsp3) is 0.545. The van der Waals surface area contributed by atoms with Crippen molar-refractivity contribution in [2.45, 2.75) is 19.4 Å². The Hall–Kier alpha value is -0.220. The van der Waals surface area contributed by atoms with Gasteiger partial charge in [-0.15, -0.1) is 0 Å². The molecular formula is C11H17BrN2S. The Kier molecular flexibility index (Phi) is 5.47. The quantitative estimate of drug-likeness (QED) is 0.826. The van der Waals surface area contributed by atoms with Crippen LogP contribution in [0, 0.1) is 0 Å². The van der Waals surface area contributed by atoms with Gasteiger partial charge in [0.25, 0.3) is 0 Å². The van der Waals surface area contributed by atoms with Crippen LogP contribution in [0.1, 0.15) is 13.3 Å². The molecule has 2 nitrogen and oxygen atoms in total. The average molecular weight is 289 g/mol. The van der Waals surface area contributed by atoms with E-state index >= 15 is 0 Å². The standard InChI is InChI=1S/C11H17BrN2S/c1-4-9(8-15-3)14(2)11-5-6-13-7-10(11)12/h5-7,9H,4,8H2,1-3H3. The van der Waals surface area contributed by atoms with Crippen LogP contribution in [0.5, 0.6) is 0 Å². The maximum Gasteiger partial charge on any atom is 0.0592 e. The van der Waals surface area contributed by atoms with Crippen LogP contribution >= 0.6 is 27.7 Å². The Morgan fingerprint density at radius 1 is 1.60 bits per heavy atom. The molecule has 15 heavy (non-hydrogen) atoms. The number of halogens is 1. The average Bonchev–Trinajstić information content (AvgIpc) is 2.25. The molecule has 1 atom stereocenters. The van der Waals surface area contributed by atoms with Crippen LogP contribution in [0.3, 0.4) is 0 Å². The Labute approximate surface area is 105 Å². The predicted molar refractivity (Wildman–Crippen MR) is 72.8 cm³/mol. The van der Waals surface area contributed by atoms with E-state index in [0.29, 0.717) is 6.04 Å². The van der Waals surface area contributed by atoms with Crippen molar-refractivity contribution in [2.75, 3.05) is 24.0 Å². The van der Waals surface area contributed by atoms with E-state index in [2.05, 4.69) is 46.0 Å². The summed E-state index contributed by atoms with van der Waals surface area (Å²) in [4.78, 5) is 6.40. The zero-order valence-electron chi connectivity index (χ0n) is 9.40. The molecule has 0 bridgehead atoms. The molecule has 1 unspecified atom stereocenters. The topological polar surface area (TPSA) is 16.1 Å². The maximum atomic E-state index is 4.08. The molecule has 0 aliphatic heterocycles. The van der Waals surface area contributed by atoms with Crippen LogP contribution in [0.25, 0.3) is 0 Å². The van der Waals surface area contributed by atoms with Crippen molar-refractivity contribution in [3.63, 3.8) is 0 Å². The first-order chi connectivity index (χ1) is 7.20. The molecule has 0 radical (unpaired) electrons. The van der Waals surface area contributed by atoms with Gasteiger partial charge < -0.3 is 4.90 Å². The van der Waals surface area contributed by atoms with Gasteiger partial charge in [0.15, 0.2) is 0 Å². The van der Waals surface area contributed by atoms with Gasteiger partial charge in [0.1, 0.15) is 0 Å². The summed E-state index contributed by atoms with van der Waals surface area (Å²) in [7, 11) is 2.14. The van der Waals surface area contributed by atoms with E-state index in [1.807, 2.05) is 30.2 Å². The molecule has 4 heteroatoms. The van der Waals surface area contributed by atoms with Gasteiger partial charge in [-0.05, 0) is 34.7 Å². The highest BCUT2D eigenvalue weighted by molar-refractivity contribution is 9.10. The number of hydrogen-bond acceptors (Lipinski definition) is 3. The van der Waals surface area contributed by atoms with Crippen molar-refractivity contribution < 1.29 is 0 Å². The van der Waals surface area contributed by atoms with Crippen molar-refractivity contribution in [3.05, 3.63) is 22.9 Å². The Morgan fingerprint density at radius 2 is 2.33 bits per heavy atom. The maximum absolute atomic E-state index is 4.08. The number of hydrogen-bond donors (Lipinski definition) is 0. The molecule has 0 saturated carbocycles.